The highest BCUT2D eigenvalue weighted by atomic mass is 16.7. The van der Waals surface area contributed by atoms with E-state index in [1.807, 2.05) is 81.4 Å². The van der Waals surface area contributed by atoms with Gasteiger partial charge in [0.05, 0.1) is 18.8 Å². The minimum absolute atomic E-state index is 0.0901. The second kappa shape index (κ2) is 11.4. The fourth-order valence-corrected chi connectivity index (χ4v) is 2.79. The highest BCUT2D eigenvalue weighted by molar-refractivity contribution is 5.68. The number of alkyl carbamates (subject to hydrolysis) is 1. The van der Waals surface area contributed by atoms with Crippen LogP contribution in [0.3, 0.4) is 0 Å². The maximum atomic E-state index is 12.3. The van der Waals surface area contributed by atoms with E-state index in [0.29, 0.717) is 13.0 Å². The molecule has 2 unspecified atom stereocenters. The summed E-state index contributed by atoms with van der Waals surface area (Å²) in [6.45, 7) is 9.90. The topological polar surface area (TPSA) is 56.8 Å². The van der Waals surface area contributed by atoms with Gasteiger partial charge in [0.2, 0.25) is 0 Å². The van der Waals surface area contributed by atoms with Crippen LogP contribution in [0.4, 0.5) is 4.79 Å². The Bertz CT molecular complexity index is 740. The first-order chi connectivity index (χ1) is 13.9. The molecule has 5 nitrogen and oxygen atoms in total. The molecule has 0 aromatic heterocycles. The highest BCUT2D eigenvalue weighted by Gasteiger charge is 2.25. The number of carbonyl (C=O) groups is 1. The molecule has 0 saturated heterocycles. The van der Waals surface area contributed by atoms with Crippen molar-refractivity contribution in [2.24, 2.45) is 0 Å². The molecule has 0 fully saturated rings. The smallest absolute Gasteiger partial charge is 0.407 e. The molecular formula is C24H31NO4. The van der Waals surface area contributed by atoms with Gasteiger partial charge in [0.15, 0.2) is 0 Å². The predicted molar refractivity (Wildman–Crippen MR) is 114 cm³/mol. The molecule has 0 bridgehead atoms. The molecule has 0 aliphatic heterocycles. The lowest BCUT2D eigenvalue weighted by molar-refractivity contribution is -0.0907. The summed E-state index contributed by atoms with van der Waals surface area (Å²) in [5.41, 5.74) is 1.57. The molecule has 2 rings (SSSR count). The second-order valence-corrected chi connectivity index (χ2v) is 7.76. The van der Waals surface area contributed by atoms with Crippen LogP contribution < -0.4 is 5.32 Å². The molecule has 0 spiro atoms. The molecule has 2 aromatic carbocycles. The average molecular weight is 398 g/mol. The summed E-state index contributed by atoms with van der Waals surface area (Å²) in [5.74, 6) is 0. The van der Waals surface area contributed by atoms with Crippen molar-refractivity contribution in [1.29, 1.82) is 0 Å². The summed E-state index contributed by atoms with van der Waals surface area (Å²) in [6.07, 6.45) is 1.34. The van der Waals surface area contributed by atoms with Crippen molar-refractivity contribution in [1.82, 2.24) is 5.32 Å². The molecule has 0 aliphatic carbocycles. The third kappa shape index (κ3) is 8.94. The molecule has 0 radical (unpaired) electrons. The van der Waals surface area contributed by atoms with Crippen molar-refractivity contribution in [2.75, 3.05) is 6.79 Å². The maximum absolute atomic E-state index is 12.3. The van der Waals surface area contributed by atoms with Crippen molar-refractivity contribution in [3.8, 4) is 0 Å². The number of rotatable bonds is 10. The molecular weight excluding hydrogens is 366 g/mol. The van der Waals surface area contributed by atoms with Crippen molar-refractivity contribution in [2.45, 2.75) is 51.5 Å². The lowest BCUT2D eigenvalue weighted by Gasteiger charge is -2.28. The van der Waals surface area contributed by atoms with Gasteiger partial charge in [-0.1, -0.05) is 66.7 Å². The van der Waals surface area contributed by atoms with Crippen LogP contribution in [0, 0.1) is 0 Å². The molecule has 0 aliphatic rings. The summed E-state index contributed by atoms with van der Waals surface area (Å²) in [4.78, 5) is 12.3. The second-order valence-electron chi connectivity index (χ2n) is 7.76. The molecule has 1 amide bonds. The summed E-state index contributed by atoms with van der Waals surface area (Å²) in [7, 11) is 0. The third-order valence-electron chi connectivity index (χ3n) is 4.08. The van der Waals surface area contributed by atoms with E-state index in [1.54, 1.807) is 6.08 Å². The van der Waals surface area contributed by atoms with Crippen molar-refractivity contribution in [3.05, 3.63) is 84.4 Å². The van der Waals surface area contributed by atoms with Crippen molar-refractivity contribution >= 4 is 6.09 Å². The van der Waals surface area contributed by atoms with Gasteiger partial charge in [0.25, 0.3) is 0 Å². The monoisotopic (exact) mass is 397 g/mol. The van der Waals surface area contributed by atoms with Crippen LogP contribution in [0.1, 0.15) is 31.9 Å². The largest absolute Gasteiger partial charge is 0.444 e. The van der Waals surface area contributed by atoms with Crippen LogP contribution >= 0.6 is 0 Å². The van der Waals surface area contributed by atoms with E-state index in [9.17, 15) is 4.79 Å². The lowest BCUT2D eigenvalue weighted by Crippen LogP contribution is -2.47. The van der Waals surface area contributed by atoms with E-state index in [-0.39, 0.29) is 12.8 Å². The Morgan fingerprint density at radius 1 is 1.03 bits per heavy atom. The molecule has 2 aromatic rings. The van der Waals surface area contributed by atoms with E-state index in [2.05, 4.69) is 11.9 Å². The highest BCUT2D eigenvalue weighted by Crippen LogP contribution is 2.13. The number of ether oxygens (including phenoxy) is 3. The normalized spacial score (nSPS) is 13.3. The number of hydrogen-bond acceptors (Lipinski definition) is 4. The van der Waals surface area contributed by atoms with Gasteiger partial charge in [-0.25, -0.2) is 4.79 Å². The number of hydrogen-bond donors (Lipinski definition) is 1. The van der Waals surface area contributed by atoms with Gasteiger partial charge in [-0.2, -0.15) is 0 Å². The number of benzene rings is 2. The first-order valence-electron chi connectivity index (χ1n) is 9.76. The minimum Gasteiger partial charge on any atom is -0.444 e. The van der Waals surface area contributed by atoms with E-state index >= 15 is 0 Å². The molecule has 1 N–H and O–H groups in total. The molecule has 2 atom stereocenters. The Morgan fingerprint density at radius 2 is 1.62 bits per heavy atom. The van der Waals surface area contributed by atoms with E-state index < -0.39 is 17.8 Å². The number of carbonyl (C=O) groups excluding carboxylic acids is 1. The van der Waals surface area contributed by atoms with Crippen molar-refractivity contribution in [3.63, 3.8) is 0 Å². The fourth-order valence-electron chi connectivity index (χ4n) is 2.79. The summed E-state index contributed by atoms with van der Waals surface area (Å²) in [5, 5.41) is 2.92. The fraction of sp³-hybridized carbons (Fsp3) is 0.375. The molecule has 29 heavy (non-hydrogen) atoms. The van der Waals surface area contributed by atoms with Gasteiger partial charge < -0.3 is 19.5 Å². The van der Waals surface area contributed by atoms with Crippen LogP contribution in [-0.4, -0.2) is 30.6 Å². The van der Waals surface area contributed by atoms with Crippen LogP contribution in [0.15, 0.2) is 73.3 Å². The zero-order valence-corrected chi connectivity index (χ0v) is 17.5. The van der Waals surface area contributed by atoms with Crippen LogP contribution in [0.5, 0.6) is 0 Å². The standard InChI is InChI=1S/C24H31NO4/c1-5-22(28-18-27-17-20-14-10-7-11-15-20)21(16-19-12-8-6-9-13-19)25-23(26)29-24(2,3)4/h5-15,21-22H,1,16-18H2,2-4H3,(H,25,26). The van der Waals surface area contributed by atoms with E-state index in [4.69, 9.17) is 14.2 Å². The molecule has 0 heterocycles. The summed E-state index contributed by atoms with van der Waals surface area (Å²) >= 11 is 0. The zero-order valence-electron chi connectivity index (χ0n) is 17.5. The summed E-state index contributed by atoms with van der Waals surface area (Å²) in [6, 6.07) is 19.4. The van der Waals surface area contributed by atoms with Gasteiger partial charge >= 0.3 is 6.09 Å². The predicted octanol–water partition coefficient (Wildman–Crippen LogP) is 4.87. The Hall–Kier alpha value is -2.63. The minimum atomic E-state index is -0.579. The number of nitrogens with one attached hydrogen (secondary N) is 1. The Labute approximate surface area is 173 Å². The van der Waals surface area contributed by atoms with Crippen molar-refractivity contribution < 1.29 is 19.0 Å². The average Bonchev–Trinajstić information content (AvgIpc) is 2.68. The third-order valence-corrected chi connectivity index (χ3v) is 4.08. The van der Waals surface area contributed by atoms with Crippen LogP contribution in [0.2, 0.25) is 0 Å². The van der Waals surface area contributed by atoms with Gasteiger partial charge in [-0.15, -0.1) is 6.58 Å². The van der Waals surface area contributed by atoms with Crippen LogP contribution in [0.25, 0.3) is 0 Å². The quantitative estimate of drug-likeness (QED) is 0.353. The van der Waals surface area contributed by atoms with E-state index in [0.717, 1.165) is 11.1 Å². The van der Waals surface area contributed by atoms with Crippen LogP contribution in [-0.2, 0) is 27.2 Å². The van der Waals surface area contributed by atoms with Gasteiger partial charge in [-0.3, -0.25) is 0 Å². The molecule has 0 saturated carbocycles. The van der Waals surface area contributed by atoms with Gasteiger partial charge in [0, 0.05) is 0 Å². The van der Waals surface area contributed by atoms with Gasteiger partial charge in [-0.05, 0) is 38.3 Å². The summed E-state index contributed by atoms with van der Waals surface area (Å²) < 4.78 is 16.9. The molecule has 5 heteroatoms. The van der Waals surface area contributed by atoms with E-state index in [1.165, 1.54) is 0 Å². The SMILES string of the molecule is C=CC(OCOCc1ccccc1)C(Cc1ccccc1)NC(=O)OC(C)(C)C. The Kier molecular flexibility index (Phi) is 8.90. The Balaban J connectivity index is 1.97. The zero-order chi connectivity index (χ0) is 21.1. The number of amides is 1. The molecule has 156 valence electrons. The first kappa shape index (κ1) is 22.7. The Morgan fingerprint density at radius 3 is 2.17 bits per heavy atom. The maximum Gasteiger partial charge on any atom is 0.407 e. The lowest BCUT2D eigenvalue weighted by atomic mass is 10.0. The van der Waals surface area contributed by atoms with Gasteiger partial charge in [0.1, 0.15) is 12.4 Å². The first-order valence-corrected chi connectivity index (χ1v) is 9.76.